The summed E-state index contributed by atoms with van der Waals surface area (Å²) in [5, 5.41) is 4.17. The van der Waals surface area contributed by atoms with Crippen LogP contribution in [0.25, 0.3) is 0 Å². The zero-order valence-corrected chi connectivity index (χ0v) is 11.6. The van der Waals surface area contributed by atoms with Crippen LogP contribution in [0.2, 0.25) is 0 Å². The molecule has 1 aromatic rings. The van der Waals surface area contributed by atoms with Crippen molar-refractivity contribution in [2.45, 2.75) is 50.3 Å². The largest absolute Gasteiger partial charge is 0.310 e. The Labute approximate surface area is 104 Å². The highest BCUT2D eigenvalue weighted by Gasteiger charge is 2.11. The SMILES string of the molecule is CCNC(C)c1ccccc1SC(C)CC. The fraction of sp³-hybridized carbons (Fsp3) is 0.571. The first kappa shape index (κ1) is 13.6. The van der Waals surface area contributed by atoms with Gasteiger partial charge in [0.15, 0.2) is 0 Å². The van der Waals surface area contributed by atoms with Crippen molar-refractivity contribution in [3.05, 3.63) is 29.8 Å². The number of hydrogen-bond donors (Lipinski definition) is 1. The Hall–Kier alpha value is -0.470. The molecule has 1 N–H and O–H groups in total. The quantitative estimate of drug-likeness (QED) is 0.742. The Morgan fingerprint density at radius 1 is 1.19 bits per heavy atom. The highest BCUT2D eigenvalue weighted by Crippen LogP contribution is 2.31. The maximum atomic E-state index is 3.48. The number of nitrogens with one attached hydrogen (secondary N) is 1. The number of benzene rings is 1. The van der Waals surface area contributed by atoms with Gasteiger partial charge in [-0.1, -0.05) is 39.0 Å². The van der Waals surface area contributed by atoms with Gasteiger partial charge in [-0.3, -0.25) is 0 Å². The summed E-state index contributed by atoms with van der Waals surface area (Å²) in [6.45, 7) is 9.94. The smallest absolute Gasteiger partial charge is 0.0302 e. The van der Waals surface area contributed by atoms with Gasteiger partial charge >= 0.3 is 0 Å². The molecule has 0 heterocycles. The van der Waals surface area contributed by atoms with Crippen LogP contribution in [-0.2, 0) is 0 Å². The van der Waals surface area contributed by atoms with Crippen LogP contribution in [0.15, 0.2) is 29.2 Å². The van der Waals surface area contributed by atoms with Crippen LogP contribution >= 0.6 is 11.8 Å². The minimum atomic E-state index is 0.442. The van der Waals surface area contributed by atoms with Gasteiger partial charge < -0.3 is 5.32 Å². The van der Waals surface area contributed by atoms with Gasteiger partial charge in [-0.25, -0.2) is 0 Å². The molecule has 90 valence electrons. The van der Waals surface area contributed by atoms with E-state index in [0.717, 1.165) is 6.54 Å². The van der Waals surface area contributed by atoms with Crippen molar-refractivity contribution >= 4 is 11.8 Å². The molecule has 1 aromatic carbocycles. The molecule has 0 fully saturated rings. The van der Waals surface area contributed by atoms with Crippen LogP contribution in [0.5, 0.6) is 0 Å². The van der Waals surface area contributed by atoms with Crippen LogP contribution in [0.3, 0.4) is 0 Å². The molecule has 0 aliphatic heterocycles. The van der Waals surface area contributed by atoms with Gasteiger partial charge in [0.2, 0.25) is 0 Å². The third-order valence-electron chi connectivity index (χ3n) is 2.80. The summed E-state index contributed by atoms with van der Waals surface area (Å²) in [7, 11) is 0. The van der Waals surface area contributed by atoms with E-state index in [1.807, 2.05) is 11.8 Å². The topological polar surface area (TPSA) is 12.0 Å². The number of rotatable bonds is 6. The van der Waals surface area contributed by atoms with Crippen LogP contribution in [-0.4, -0.2) is 11.8 Å². The Balaban J connectivity index is 2.82. The molecule has 1 rings (SSSR count). The molecular formula is C14H23NS. The van der Waals surface area contributed by atoms with E-state index in [2.05, 4.69) is 57.3 Å². The molecular weight excluding hydrogens is 214 g/mol. The zero-order chi connectivity index (χ0) is 12.0. The minimum absolute atomic E-state index is 0.442. The first-order chi connectivity index (χ1) is 7.69. The number of thioether (sulfide) groups is 1. The fourth-order valence-corrected chi connectivity index (χ4v) is 2.80. The van der Waals surface area contributed by atoms with Crippen molar-refractivity contribution in [2.24, 2.45) is 0 Å². The van der Waals surface area contributed by atoms with Crippen LogP contribution in [0.1, 0.15) is 45.7 Å². The molecule has 0 saturated carbocycles. The summed E-state index contributed by atoms with van der Waals surface area (Å²) in [4.78, 5) is 1.42. The minimum Gasteiger partial charge on any atom is -0.310 e. The molecule has 16 heavy (non-hydrogen) atoms. The molecule has 2 atom stereocenters. The molecule has 2 heteroatoms. The summed E-state index contributed by atoms with van der Waals surface area (Å²) in [5.74, 6) is 0. The lowest BCUT2D eigenvalue weighted by atomic mass is 10.1. The number of hydrogen-bond acceptors (Lipinski definition) is 2. The summed E-state index contributed by atoms with van der Waals surface area (Å²) in [6, 6.07) is 9.17. The average molecular weight is 237 g/mol. The van der Waals surface area contributed by atoms with E-state index in [0.29, 0.717) is 11.3 Å². The standard InChI is InChI=1S/C14H23NS/c1-5-11(3)16-14-10-8-7-9-13(14)12(4)15-6-2/h7-12,15H,5-6H2,1-4H3. The molecule has 0 spiro atoms. The van der Waals surface area contributed by atoms with Crippen molar-refractivity contribution in [1.82, 2.24) is 5.32 Å². The van der Waals surface area contributed by atoms with Gasteiger partial charge in [0.1, 0.15) is 0 Å². The van der Waals surface area contributed by atoms with Crippen LogP contribution in [0.4, 0.5) is 0 Å². The third-order valence-corrected chi connectivity index (χ3v) is 4.16. The molecule has 0 radical (unpaired) electrons. The van der Waals surface area contributed by atoms with Crippen molar-refractivity contribution in [3.63, 3.8) is 0 Å². The van der Waals surface area contributed by atoms with Gasteiger partial charge in [0, 0.05) is 16.2 Å². The first-order valence-corrected chi connectivity index (χ1v) is 7.05. The fourth-order valence-electron chi connectivity index (χ4n) is 1.66. The monoisotopic (exact) mass is 237 g/mol. The van der Waals surface area contributed by atoms with Gasteiger partial charge in [-0.05, 0) is 31.5 Å². The van der Waals surface area contributed by atoms with Crippen molar-refractivity contribution < 1.29 is 0 Å². The summed E-state index contributed by atoms with van der Waals surface area (Å²) in [5.41, 5.74) is 1.43. The second-order valence-electron chi connectivity index (χ2n) is 4.15. The van der Waals surface area contributed by atoms with E-state index in [1.54, 1.807) is 0 Å². The Morgan fingerprint density at radius 2 is 1.88 bits per heavy atom. The molecule has 0 bridgehead atoms. The Morgan fingerprint density at radius 3 is 2.50 bits per heavy atom. The predicted octanol–water partition coefficient (Wildman–Crippen LogP) is 4.25. The Bertz CT molecular complexity index is 311. The average Bonchev–Trinajstić information content (AvgIpc) is 2.30. The highest BCUT2D eigenvalue weighted by atomic mass is 32.2. The lowest BCUT2D eigenvalue weighted by Crippen LogP contribution is -2.18. The molecule has 0 aromatic heterocycles. The van der Waals surface area contributed by atoms with Crippen LogP contribution in [0, 0.1) is 0 Å². The first-order valence-electron chi connectivity index (χ1n) is 6.18. The second kappa shape index (κ2) is 6.97. The maximum Gasteiger partial charge on any atom is 0.0302 e. The third kappa shape index (κ3) is 3.84. The summed E-state index contributed by atoms with van der Waals surface area (Å²) < 4.78 is 0. The van der Waals surface area contributed by atoms with E-state index >= 15 is 0 Å². The molecule has 0 aliphatic rings. The van der Waals surface area contributed by atoms with E-state index in [1.165, 1.54) is 16.9 Å². The van der Waals surface area contributed by atoms with Gasteiger partial charge in [-0.2, -0.15) is 0 Å². The molecule has 1 nitrogen and oxygen atoms in total. The summed E-state index contributed by atoms with van der Waals surface area (Å²) in [6.07, 6.45) is 1.22. The van der Waals surface area contributed by atoms with Gasteiger partial charge in [0.25, 0.3) is 0 Å². The van der Waals surface area contributed by atoms with Crippen molar-refractivity contribution in [1.29, 1.82) is 0 Å². The maximum absolute atomic E-state index is 3.48. The second-order valence-corrected chi connectivity index (χ2v) is 5.63. The lowest BCUT2D eigenvalue weighted by molar-refractivity contribution is 0.589. The van der Waals surface area contributed by atoms with Crippen LogP contribution < -0.4 is 5.32 Å². The highest BCUT2D eigenvalue weighted by molar-refractivity contribution is 8.00. The van der Waals surface area contributed by atoms with E-state index < -0.39 is 0 Å². The Kier molecular flexibility index (Phi) is 5.93. The van der Waals surface area contributed by atoms with Crippen molar-refractivity contribution in [2.75, 3.05) is 6.54 Å². The van der Waals surface area contributed by atoms with Crippen molar-refractivity contribution in [3.8, 4) is 0 Å². The van der Waals surface area contributed by atoms with Gasteiger partial charge in [0.05, 0.1) is 0 Å². The molecule has 2 unspecified atom stereocenters. The predicted molar refractivity (Wildman–Crippen MR) is 74.1 cm³/mol. The lowest BCUT2D eigenvalue weighted by Gasteiger charge is -2.18. The molecule has 0 saturated heterocycles. The van der Waals surface area contributed by atoms with E-state index in [-0.39, 0.29) is 0 Å². The van der Waals surface area contributed by atoms with E-state index in [4.69, 9.17) is 0 Å². The summed E-state index contributed by atoms with van der Waals surface area (Å²) >= 11 is 1.98. The normalized spacial score (nSPS) is 14.8. The molecule has 0 amide bonds. The van der Waals surface area contributed by atoms with Gasteiger partial charge in [-0.15, -0.1) is 11.8 Å². The molecule has 0 aliphatic carbocycles. The zero-order valence-electron chi connectivity index (χ0n) is 10.8. The van der Waals surface area contributed by atoms with E-state index in [9.17, 15) is 0 Å².